The van der Waals surface area contributed by atoms with Gasteiger partial charge in [-0.2, -0.15) is 0 Å². The molecule has 2 aromatic heterocycles. The third kappa shape index (κ3) is 2.32. The molecular formula is C10H10ClN3O2. The topological polar surface area (TPSA) is 71.0 Å². The lowest BCUT2D eigenvalue weighted by molar-refractivity contribution is 0.281. The normalized spacial score (nSPS) is 10.4. The van der Waals surface area contributed by atoms with Crippen LogP contribution in [0.3, 0.4) is 0 Å². The number of aromatic nitrogens is 3. The number of pyridine rings is 1. The van der Waals surface area contributed by atoms with Gasteiger partial charge in [0.15, 0.2) is 0 Å². The molecule has 5 nitrogen and oxygen atoms in total. The first-order chi connectivity index (χ1) is 7.69. The van der Waals surface area contributed by atoms with Crippen molar-refractivity contribution in [3.05, 3.63) is 34.6 Å². The number of aromatic amines is 1. The number of hydrogen-bond acceptors (Lipinski definition) is 4. The van der Waals surface area contributed by atoms with Crippen LogP contribution in [0.2, 0.25) is 5.02 Å². The molecule has 0 atom stereocenters. The number of hydrogen-bond donors (Lipinski definition) is 2. The maximum Gasteiger partial charge on any atom is 0.240 e. The fourth-order valence-corrected chi connectivity index (χ4v) is 1.40. The summed E-state index contributed by atoms with van der Waals surface area (Å²) in [5.74, 6) is 0.675. The zero-order valence-electron chi connectivity index (χ0n) is 8.57. The number of nitrogens with one attached hydrogen (secondary N) is 1. The van der Waals surface area contributed by atoms with Gasteiger partial charge in [-0.05, 0) is 18.6 Å². The van der Waals surface area contributed by atoms with Crippen molar-refractivity contribution in [3.63, 3.8) is 0 Å². The highest BCUT2D eigenvalue weighted by Gasteiger charge is 2.07. The Morgan fingerprint density at radius 2 is 2.31 bits per heavy atom. The van der Waals surface area contributed by atoms with Crippen LogP contribution in [0.4, 0.5) is 0 Å². The summed E-state index contributed by atoms with van der Waals surface area (Å²) in [7, 11) is 0. The molecule has 0 aliphatic rings. The van der Waals surface area contributed by atoms with E-state index in [4.69, 9.17) is 21.4 Å². The van der Waals surface area contributed by atoms with Crippen molar-refractivity contribution in [3.8, 4) is 11.8 Å². The van der Waals surface area contributed by atoms with E-state index < -0.39 is 0 Å². The minimum atomic E-state index is -0.103. The van der Waals surface area contributed by atoms with E-state index in [0.29, 0.717) is 16.5 Å². The molecule has 2 rings (SSSR count). The monoisotopic (exact) mass is 239 g/mol. The minimum absolute atomic E-state index is 0.103. The van der Waals surface area contributed by atoms with Crippen LogP contribution in [-0.4, -0.2) is 20.3 Å². The Kier molecular flexibility index (Phi) is 3.07. The number of halogens is 1. The highest BCUT2D eigenvalue weighted by atomic mass is 35.5. The molecule has 0 bridgehead atoms. The molecule has 0 aromatic carbocycles. The van der Waals surface area contributed by atoms with Crippen LogP contribution in [0.15, 0.2) is 18.3 Å². The molecule has 0 aliphatic heterocycles. The predicted molar refractivity (Wildman–Crippen MR) is 58.6 cm³/mol. The average molecular weight is 240 g/mol. The number of H-pyrrole nitrogens is 1. The summed E-state index contributed by atoms with van der Waals surface area (Å²) in [5.41, 5.74) is 1.52. The highest BCUT2D eigenvalue weighted by Crippen LogP contribution is 2.26. The van der Waals surface area contributed by atoms with Crippen molar-refractivity contribution < 1.29 is 9.84 Å². The summed E-state index contributed by atoms with van der Waals surface area (Å²) >= 11 is 5.93. The Balaban J connectivity index is 2.21. The summed E-state index contributed by atoms with van der Waals surface area (Å²) in [5, 5.41) is 15.9. The standard InChI is InChI=1S/C10H10ClN3O2/c1-6-2-9(14-13-6)16-10-8(11)3-7(5-15)4-12-10/h2-4,15H,5H2,1H3,(H,13,14). The second-order valence-corrected chi connectivity index (χ2v) is 3.69. The maximum absolute atomic E-state index is 8.89. The fourth-order valence-electron chi connectivity index (χ4n) is 1.17. The summed E-state index contributed by atoms with van der Waals surface area (Å²) < 4.78 is 5.36. The van der Waals surface area contributed by atoms with Crippen LogP contribution in [0.1, 0.15) is 11.3 Å². The lowest BCUT2D eigenvalue weighted by atomic mass is 10.3. The van der Waals surface area contributed by atoms with Crippen LogP contribution < -0.4 is 4.74 Å². The van der Waals surface area contributed by atoms with Gasteiger partial charge in [0, 0.05) is 18.0 Å². The van der Waals surface area contributed by atoms with E-state index in [1.165, 1.54) is 6.20 Å². The van der Waals surface area contributed by atoms with Crippen LogP contribution in [-0.2, 0) is 6.61 Å². The maximum atomic E-state index is 8.89. The SMILES string of the molecule is Cc1cc(Oc2ncc(CO)cc2Cl)n[nH]1. The van der Waals surface area contributed by atoms with E-state index >= 15 is 0 Å². The Bertz CT molecular complexity index is 499. The first kappa shape index (κ1) is 10.9. The number of rotatable bonds is 3. The second kappa shape index (κ2) is 4.51. The quantitative estimate of drug-likeness (QED) is 0.860. The molecule has 2 heterocycles. The van der Waals surface area contributed by atoms with Crippen molar-refractivity contribution in [2.45, 2.75) is 13.5 Å². The number of ether oxygens (including phenoxy) is 1. The van der Waals surface area contributed by atoms with E-state index in [0.717, 1.165) is 5.69 Å². The zero-order chi connectivity index (χ0) is 11.5. The molecule has 0 radical (unpaired) electrons. The molecule has 0 unspecified atom stereocenters. The van der Waals surface area contributed by atoms with Gasteiger partial charge >= 0.3 is 0 Å². The Hall–Kier alpha value is -1.59. The fraction of sp³-hybridized carbons (Fsp3) is 0.200. The van der Waals surface area contributed by atoms with Gasteiger partial charge in [0.1, 0.15) is 5.02 Å². The molecule has 0 fully saturated rings. The molecule has 0 saturated heterocycles. The van der Waals surface area contributed by atoms with Crippen LogP contribution in [0, 0.1) is 6.92 Å². The molecule has 0 amide bonds. The summed E-state index contributed by atoms with van der Waals surface area (Å²) in [6.07, 6.45) is 1.50. The second-order valence-electron chi connectivity index (χ2n) is 3.28. The lowest BCUT2D eigenvalue weighted by Crippen LogP contribution is -1.92. The molecule has 16 heavy (non-hydrogen) atoms. The van der Waals surface area contributed by atoms with Gasteiger partial charge in [-0.1, -0.05) is 11.6 Å². The summed E-state index contributed by atoms with van der Waals surface area (Å²) in [6, 6.07) is 3.33. The third-order valence-electron chi connectivity index (χ3n) is 1.93. The summed E-state index contributed by atoms with van der Waals surface area (Å²) in [6.45, 7) is 1.76. The number of aliphatic hydroxyl groups excluding tert-OH is 1. The molecule has 2 aromatic rings. The largest absolute Gasteiger partial charge is 0.417 e. The Morgan fingerprint density at radius 3 is 2.88 bits per heavy atom. The molecule has 0 aliphatic carbocycles. The first-order valence-corrected chi connectivity index (χ1v) is 5.02. The van der Waals surface area contributed by atoms with Crippen molar-refractivity contribution in [1.29, 1.82) is 0 Å². The average Bonchev–Trinajstić information content (AvgIpc) is 2.67. The van der Waals surface area contributed by atoms with Crippen molar-refractivity contribution in [1.82, 2.24) is 15.2 Å². The van der Waals surface area contributed by atoms with E-state index in [2.05, 4.69) is 15.2 Å². The van der Waals surface area contributed by atoms with Gasteiger partial charge in [0.2, 0.25) is 11.8 Å². The molecule has 0 spiro atoms. The van der Waals surface area contributed by atoms with E-state index in [9.17, 15) is 0 Å². The lowest BCUT2D eigenvalue weighted by Gasteiger charge is -2.04. The molecule has 0 saturated carbocycles. The molecule has 6 heteroatoms. The minimum Gasteiger partial charge on any atom is -0.417 e. The van der Waals surface area contributed by atoms with Crippen molar-refractivity contribution in [2.75, 3.05) is 0 Å². The smallest absolute Gasteiger partial charge is 0.240 e. The van der Waals surface area contributed by atoms with E-state index in [1.807, 2.05) is 6.92 Å². The Labute approximate surface area is 97.0 Å². The molecular weight excluding hydrogens is 230 g/mol. The van der Waals surface area contributed by atoms with Crippen molar-refractivity contribution >= 4 is 11.6 Å². The van der Waals surface area contributed by atoms with Crippen LogP contribution >= 0.6 is 11.6 Å². The predicted octanol–water partition coefficient (Wildman–Crippen LogP) is 2.05. The molecule has 2 N–H and O–H groups in total. The van der Waals surface area contributed by atoms with Gasteiger partial charge in [0.05, 0.1) is 6.61 Å². The molecule has 84 valence electrons. The van der Waals surface area contributed by atoms with E-state index in [1.54, 1.807) is 12.1 Å². The van der Waals surface area contributed by atoms with Gasteiger partial charge in [0.25, 0.3) is 0 Å². The number of aliphatic hydroxyl groups is 1. The third-order valence-corrected chi connectivity index (χ3v) is 2.20. The highest BCUT2D eigenvalue weighted by molar-refractivity contribution is 6.31. The summed E-state index contributed by atoms with van der Waals surface area (Å²) in [4.78, 5) is 3.99. The van der Waals surface area contributed by atoms with Gasteiger partial charge < -0.3 is 9.84 Å². The number of aryl methyl sites for hydroxylation is 1. The van der Waals surface area contributed by atoms with Crippen molar-refractivity contribution in [2.24, 2.45) is 0 Å². The van der Waals surface area contributed by atoms with Gasteiger partial charge in [-0.15, -0.1) is 5.10 Å². The van der Waals surface area contributed by atoms with Crippen LogP contribution in [0.5, 0.6) is 11.8 Å². The Morgan fingerprint density at radius 1 is 1.50 bits per heavy atom. The first-order valence-electron chi connectivity index (χ1n) is 4.64. The van der Waals surface area contributed by atoms with E-state index in [-0.39, 0.29) is 12.5 Å². The van der Waals surface area contributed by atoms with Gasteiger partial charge in [-0.25, -0.2) is 4.98 Å². The zero-order valence-corrected chi connectivity index (χ0v) is 9.32. The number of nitrogens with zero attached hydrogens (tertiary/aromatic N) is 2. The van der Waals surface area contributed by atoms with Crippen LogP contribution in [0.25, 0.3) is 0 Å². The van der Waals surface area contributed by atoms with Gasteiger partial charge in [-0.3, -0.25) is 5.10 Å².